The summed E-state index contributed by atoms with van der Waals surface area (Å²) in [6.07, 6.45) is 0.841. The molecule has 3 heterocycles. The number of benzene rings is 1. The van der Waals surface area contributed by atoms with Gasteiger partial charge >= 0.3 is 6.18 Å². The Morgan fingerprint density at radius 3 is 2.72 bits per heavy atom. The van der Waals surface area contributed by atoms with Crippen molar-refractivity contribution >= 4 is 11.0 Å². The first-order valence-corrected chi connectivity index (χ1v) is 9.31. The number of H-pyrrole nitrogens is 1. The summed E-state index contributed by atoms with van der Waals surface area (Å²) in [5.41, 5.74) is -1.01. The first kappa shape index (κ1) is 19.7. The molecule has 2 unspecified atom stereocenters. The normalized spacial score (nSPS) is 25.3. The second kappa shape index (κ2) is 7.31. The molecule has 0 bridgehead atoms. The van der Waals surface area contributed by atoms with Crippen molar-refractivity contribution in [3.63, 3.8) is 0 Å². The summed E-state index contributed by atoms with van der Waals surface area (Å²) in [6, 6.07) is 5.79. The summed E-state index contributed by atoms with van der Waals surface area (Å²) in [7, 11) is 0. The molecule has 3 N–H and O–H groups in total. The molecule has 6 nitrogen and oxygen atoms in total. The minimum absolute atomic E-state index is 0.0105. The van der Waals surface area contributed by atoms with Crippen molar-refractivity contribution < 1.29 is 23.0 Å². The number of aliphatic hydroxyl groups is 1. The van der Waals surface area contributed by atoms with Crippen LogP contribution in [0.4, 0.5) is 13.2 Å². The van der Waals surface area contributed by atoms with E-state index in [2.05, 4.69) is 20.3 Å². The SMILES string of the molecule is CC1C[C@@](O)(c2ccncc2)CC(COc2cc(C(F)(F)F)c3nc[nH]c3c2)N1. The minimum Gasteiger partial charge on any atom is -0.492 e. The van der Waals surface area contributed by atoms with Gasteiger partial charge in [-0.25, -0.2) is 4.98 Å². The minimum atomic E-state index is -4.54. The highest BCUT2D eigenvalue weighted by molar-refractivity contribution is 5.80. The maximum Gasteiger partial charge on any atom is 0.418 e. The van der Waals surface area contributed by atoms with Crippen molar-refractivity contribution in [3.8, 4) is 5.75 Å². The average Bonchev–Trinajstić information content (AvgIpc) is 3.13. The number of imidazole rings is 1. The Hall–Kier alpha value is -2.65. The van der Waals surface area contributed by atoms with Crippen LogP contribution < -0.4 is 10.1 Å². The predicted molar refractivity (Wildman–Crippen MR) is 100 cm³/mol. The van der Waals surface area contributed by atoms with Crippen LogP contribution in [0.25, 0.3) is 11.0 Å². The summed E-state index contributed by atoms with van der Waals surface area (Å²) >= 11 is 0. The van der Waals surface area contributed by atoms with Crippen LogP contribution in [-0.4, -0.2) is 38.7 Å². The monoisotopic (exact) mass is 406 g/mol. The van der Waals surface area contributed by atoms with Crippen molar-refractivity contribution in [2.45, 2.75) is 43.6 Å². The lowest BCUT2D eigenvalue weighted by molar-refractivity contribution is -0.136. The van der Waals surface area contributed by atoms with Crippen molar-refractivity contribution in [3.05, 3.63) is 54.1 Å². The summed E-state index contributed by atoms with van der Waals surface area (Å²) in [6.45, 7) is 2.07. The van der Waals surface area contributed by atoms with E-state index in [9.17, 15) is 18.3 Å². The van der Waals surface area contributed by atoms with Crippen LogP contribution in [0.3, 0.4) is 0 Å². The number of nitrogens with one attached hydrogen (secondary N) is 2. The summed E-state index contributed by atoms with van der Waals surface area (Å²) < 4.78 is 45.8. The standard InChI is InChI=1S/C20H21F3N4O2/c1-12-8-19(28,13-2-4-24-5-3-13)9-14(27-12)10-29-15-6-16(20(21,22)23)18-17(7-15)25-11-26-18/h2-7,11-12,14,27-28H,8-10H2,1H3,(H,25,26)/t12?,14?,19-/m0/s1. The molecule has 1 aliphatic heterocycles. The first-order chi connectivity index (χ1) is 13.7. The third kappa shape index (κ3) is 4.06. The third-order valence-corrected chi connectivity index (χ3v) is 5.22. The van der Waals surface area contributed by atoms with E-state index in [4.69, 9.17) is 4.74 Å². The molecule has 1 fully saturated rings. The highest BCUT2D eigenvalue weighted by Crippen LogP contribution is 2.37. The van der Waals surface area contributed by atoms with Gasteiger partial charge in [0.2, 0.25) is 0 Å². The number of halogens is 3. The van der Waals surface area contributed by atoms with E-state index in [0.29, 0.717) is 12.8 Å². The lowest BCUT2D eigenvalue weighted by Crippen LogP contribution is -2.53. The smallest absolute Gasteiger partial charge is 0.418 e. The van der Waals surface area contributed by atoms with Crippen LogP contribution in [0.1, 0.15) is 30.9 Å². The van der Waals surface area contributed by atoms with E-state index in [1.807, 2.05) is 6.92 Å². The maximum atomic E-state index is 13.4. The van der Waals surface area contributed by atoms with Gasteiger partial charge in [-0.05, 0) is 43.5 Å². The molecule has 0 radical (unpaired) electrons. The van der Waals surface area contributed by atoms with Crippen LogP contribution >= 0.6 is 0 Å². The molecule has 0 spiro atoms. The zero-order chi connectivity index (χ0) is 20.6. The molecule has 0 amide bonds. The molecule has 29 heavy (non-hydrogen) atoms. The fourth-order valence-electron chi connectivity index (χ4n) is 4.04. The molecule has 1 saturated heterocycles. The van der Waals surface area contributed by atoms with Gasteiger partial charge in [-0.3, -0.25) is 4.98 Å². The summed E-state index contributed by atoms with van der Waals surface area (Å²) in [5, 5.41) is 14.5. The molecule has 3 aromatic rings. The van der Waals surface area contributed by atoms with Gasteiger partial charge in [-0.15, -0.1) is 0 Å². The molecule has 1 aromatic carbocycles. The number of fused-ring (bicyclic) bond motifs is 1. The van der Waals surface area contributed by atoms with Gasteiger partial charge in [-0.2, -0.15) is 13.2 Å². The average molecular weight is 406 g/mol. The molecule has 4 rings (SSSR count). The third-order valence-electron chi connectivity index (χ3n) is 5.22. The number of hydrogen-bond donors (Lipinski definition) is 3. The van der Waals surface area contributed by atoms with E-state index in [0.717, 1.165) is 11.6 Å². The van der Waals surface area contributed by atoms with Gasteiger partial charge in [0.1, 0.15) is 17.9 Å². The number of aromatic amines is 1. The van der Waals surface area contributed by atoms with E-state index >= 15 is 0 Å². The van der Waals surface area contributed by atoms with Crippen LogP contribution in [0, 0.1) is 0 Å². The summed E-state index contributed by atoms with van der Waals surface area (Å²) in [5.74, 6) is 0.0987. The van der Waals surface area contributed by atoms with Crippen LogP contribution in [0.5, 0.6) is 5.75 Å². The molecule has 1 aliphatic rings. The Bertz CT molecular complexity index is 992. The van der Waals surface area contributed by atoms with Crippen LogP contribution in [0.15, 0.2) is 43.0 Å². The quantitative estimate of drug-likeness (QED) is 0.619. The van der Waals surface area contributed by atoms with Gasteiger partial charge in [0.05, 0.1) is 23.0 Å². The Morgan fingerprint density at radius 1 is 1.24 bits per heavy atom. The number of piperidine rings is 1. The predicted octanol–water partition coefficient (Wildman–Crippen LogP) is 3.38. The van der Waals surface area contributed by atoms with Gasteiger partial charge in [0, 0.05) is 30.5 Å². The largest absolute Gasteiger partial charge is 0.492 e. The number of nitrogens with zero attached hydrogens (tertiary/aromatic N) is 2. The Morgan fingerprint density at radius 2 is 2.00 bits per heavy atom. The zero-order valence-electron chi connectivity index (χ0n) is 15.7. The van der Waals surface area contributed by atoms with Crippen LogP contribution in [-0.2, 0) is 11.8 Å². The maximum absolute atomic E-state index is 13.4. The second-order valence-corrected chi connectivity index (χ2v) is 7.52. The molecule has 0 saturated carbocycles. The summed E-state index contributed by atoms with van der Waals surface area (Å²) in [4.78, 5) is 10.4. The van der Waals surface area contributed by atoms with Crippen molar-refractivity contribution in [1.29, 1.82) is 0 Å². The molecule has 2 aromatic heterocycles. The Labute approximate surface area is 165 Å². The second-order valence-electron chi connectivity index (χ2n) is 7.52. The van der Waals surface area contributed by atoms with E-state index in [1.165, 1.54) is 12.4 Å². The van der Waals surface area contributed by atoms with Gasteiger partial charge in [-0.1, -0.05) is 0 Å². The zero-order valence-corrected chi connectivity index (χ0v) is 15.7. The topological polar surface area (TPSA) is 83.1 Å². The molecule has 0 aliphatic carbocycles. The highest BCUT2D eigenvalue weighted by Gasteiger charge is 2.39. The van der Waals surface area contributed by atoms with Crippen molar-refractivity contribution in [2.24, 2.45) is 0 Å². The molecular weight excluding hydrogens is 385 g/mol. The molecule has 3 atom stereocenters. The fourth-order valence-corrected chi connectivity index (χ4v) is 4.04. The highest BCUT2D eigenvalue weighted by atomic mass is 19.4. The fraction of sp³-hybridized carbons (Fsp3) is 0.400. The Kier molecular flexibility index (Phi) is 4.95. The number of rotatable bonds is 4. The number of hydrogen-bond acceptors (Lipinski definition) is 5. The number of alkyl halides is 3. The van der Waals surface area contributed by atoms with Gasteiger partial charge < -0.3 is 20.1 Å². The molecular formula is C20H21F3N4O2. The van der Waals surface area contributed by atoms with Crippen LogP contribution in [0.2, 0.25) is 0 Å². The number of ether oxygens (including phenoxy) is 1. The number of pyridine rings is 1. The Balaban J connectivity index is 1.53. The van der Waals surface area contributed by atoms with E-state index < -0.39 is 17.3 Å². The van der Waals surface area contributed by atoms with Gasteiger partial charge in [0.15, 0.2) is 0 Å². The lowest BCUT2D eigenvalue weighted by Gasteiger charge is -2.41. The van der Waals surface area contributed by atoms with Gasteiger partial charge in [0.25, 0.3) is 0 Å². The molecule has 154 valence electrons. The van der Waals surface area contributed by atoms with E-state index in [-0.39, 0.29) is 35.5 Å². The molecule has 9 heteroatoms. The number of aromatic nitrogens is 3. The van der Waals surface area contributed by atoms with Crippen molar-refractivity contribution in [2.75, 3.05) is 6.61 Å². The lowest BCUT2D eigenvalue weighted by atomic mass is 9.79. The van der Waals surface area contributed by atoms with Crippen molar-refractivity contribution in [1.82, 2.24) is 20.3 Å². The first-order valence-electron chi connectivity index (χ1n) is 9.31. The van der Waals surface area contributed by atoms with E-state index in [1.54, 1.807) is 24.5 Å².